The molecule has 0 saturated heterocycles. The molecule has 0 spiro atoms. The summed E-state index contributed by atoms with van der Waals surface area (Å²) in [5.41, 5.74) is -0.369. The first-order chi connectivity index (χ1) is 13.5. The zero-order valence-corrected chi connectivity index (χ0v) is 14.5. The molecule has 140 valence electrons. The Morgan fingerprint density at radius 2 is 2.11 bits per heavy atom. The number of nitrogens with zero attached hydrogens (tertiary/aromatic N) is 3. The van der Waals surface area contributed by atoms with Gasteiger partial charge in [0.05, 0.1) is 30.5 Å². The molecule has 9 nitrogen and oxygen atoms in total. The predicted molar refractivity (Wildman–Crippen MR) is 97.5 cm³/mol. The van der Waals surface area contributed by atoms with E-state index >= 15 is 0 Å². The molecule has 9 heteroatoms. The van der Waals surface area contributed by atoms with Gasteiger partial charge in [-0.05, 0) is 29.8 Å². The topological polar surface area (TPSA) is 131 Å². The van der Waals surface area contributed by atoms with Crippen molar-refractivity contribution < 1.29 is 14.1 Å². The fraction of sp³-hybridized carbons (Fsp3) is 0.105. The Balaban J connectivity index is 1.82. The molecule has 0 radical (unpaired) electrons. The van der Waals surface area contributed by atoms with E-state index in [-0.39, 0.29) is 30.2 Å². The minimum absolute atomic E-state index is 0.0193. The van der Waals surface area contributed by atoms with Crippen molar-refractivity contribution in [2.24, 2.45) is 0 Å². The van der Waals surface area contributed by atoms with E-state index in [2.05, 4.69) is 5.32 Å². The number of rotatable bonds is 6. The number of carbonyl (C=O) groups excluding carboxylic acids is 1. The molecule has 1 amide bonds. The van der Waals surface area contributed by atoms with E-state index in [1.807, 2.05) is 0 Å². The van der Waals surface area contributed by atoms with Crippen LogP contribution < -0.4 is 10.9 Å². The zero-order valence-electron chi connectivity index (χ0n) is 14.5. The van der Waals surface area contributed by atoms with Gasteiger partial charge in [0.25, 0.3) is 17.2 Å². The quantitative estimate of drug-likeness (QED) is 0.517. The Morgan fingerprint density at radius 1 is 1.29 bits per heavy atom. The average molecular weight is 378 g/mol. The van der Waals surface area contributed by atoms with E-state index in [9.17, 15) is 19.7 Å². The van der Waals surface area contributed by atoms with Gasteiger partial charge >= 0.3 is 0 Å². The maximum atomic E-state index is 12.3. The first-order valence-corrected chi connectivity index (χ1v) is 8.16. The second-order valence-corrected chi connectivity index (χ2v) is 5.88. The molecule has 1 N–H and O–H groups in total. The number of amides is 1. The fourth-order valence-corrected chi connectivity index (χ4v) is 2.61. The summed E-state index contributed by atoms with van der Waals surface area (Å²) < 4.78 is 6.23. The van der Waals surface area contributed by atoms with Crippen LogP contribution in [0.1, 0.15) is 27.2 Å². The number of carbonyl (C=O) groups is 1. The van der Waals surface area contributed by atoms with Gasteiger partial charge in [0.2, 0.25) is 0 Å². The first kappa shape index (κ1) is 18.6. The highest BCUT2D eigenvalue weighted by molar-refractivity contribution is 5.94. The van der Waals surface area contributed by atoms with E-state index in [1.165, 1.54) is 6.26 Å². The molecule has 0 atom stereocenters. The van der Waals surface area contributed by atoms with Crippen molar-refractivity contribution in [1.29, 1.82) is 5.26 Å². The van der Waals surface area contributed by atoms with Crippen molar-refractivity contribution in [2.45, 2.75) is 13.1 Å². The van der Waals surface area contributed by atoms with Gasteiger partial charge in [0.15, 0.2) is 0 Å². The van der Waals surface area contributed by atoms with Crippen LogP contribution in [0, 0.1) is 21.4 Å². The highest BCUT2D eigenvalue weighted by Crippen LogP contribution is 2.12. The van der Waals surface area contributed by atoms with Crippen LogP contribution in [-0.2, 0) is 13.1 Å². The molecule has 2 heterocycles. The van der Waals surface area contributed by atoms with Gasteiger partial charge in [0, 0.05) is 11.6 Å². The molecule has 0 aliphatic carbocycles. The molecule has 3 rings (SSSR count). The molecule has 0 saturated carbocycles. The second kappa shape index (κ2) is 8.01. The molecule has 0 bridgehead atoms. The van der Waals surface area contributed by atoms with Crippen LogP contribution in [0.25, 0.3) is 0 Å². The van der Waals surface area contributed by atoms with E-state index in [0.717, 1.165) is 16.8 Å². The lowest BCUT2D eigenvalue weighted by molar-refractivity contribution is -0.385. The van der Waals surface area contributed by atoms with E-state index in [4.69, 9.17) is 9.68 Å². The van der Waals surface area contributed by atoms with Gasteiger partial charge < -0.3 is 14.3 Å². The molecule has 3 aromatic rings. The Hall–Kier alpha value is -4.19. The number of hydrogen-bond donors (Lipinski definition) is 1. The molecule has 0 aliphatic heterocycles. The SMILES string of the molecule is N#Cc1cc([N+](=O)[O-])cn(Cc2cccc(C(=O)NCc3ccco3)c2)c1=O. The van der Waals surface area contributed by atoms with Crippen LogP contribution in [0.4, 0.5) is 5.69 Å². The largest absolute Gasteiger partial charge is 0.467 e. The highest BCUT2D eigenvalue weighted by Gasteiger charge is 2.14. The van der Waals surface area contributed by atoms with E-state index < -0.39 is 10.5 Å². The second-order valence-electron chi connectivity index (χ2n) is 5.88. The number of furan rings is 1. The number of benzene rings is 1. The van der Waals surface area contributed by atoms with Crippen molar-refractivity contribution in [3.05, 3.63) is 97.8 Å². The molecule has 28 heavy (non-hydrogen) atoms. The van der Waals surface area contributed by atoms with Crippen molar-refractivity contribution >= 4 is 11.6 Å². The first-order valence-electron chi connectivity index (χ1n) is 8.16. The Bertz CT molecular complexity index is 1130. The number of aromatic nitrogens is 1. The lowest BCUT2D eigenvalue weighted by atomic mass is 10.1. The van der Waals surface area contributed by atoms with Gasteiger partial charge in [-0.1, -0.05) is 12.1 Å². The smallest absolute Gasteiger partial charge is 0.287 e. The monoisotopic (exact) mass is 378 g/mol. The minimum Gasteiger partial charge on any atom is -0.467 e. The van der Waals surface area contributed by atoms with Gasteiger partial charge in [-0.25, -0.2) is 0 Å². The minimum atomic E-state index is -0.671. The summed E-state index contributed by atoms with van der Waals surface area (Å²) in [5.74, 6) is 0.277. The van der Waals surface area contributed by atoms with Crippen LogP contribution in [-0.4, -0.2) is 15.4 Å². The third kappa shape index (κ3) is 4.13. The average Bonchev–Trinajstić information content (AvgIpc) is 3.21. The Morgan fingerprint density at radius 3 is 2.79 bits per heavy atom. The standard InChI is InChI=1S/C19H14N4O5/c20-9-15-8-16(23(26)27)12-22(19(15)25)11-13-3-1-4-14(7-13)18(24)21-10-17-5-2-6-28-17/h1-8,12H,10-11H2,(H,21,24). The number of pyridine rings is 1. The van der Waals surface area contributed by atoms with Gasteiger partial charge in [-0.2, -0.15) is 5.26 Å². The van der Waals surface area contributed by atoms with Crippen LogP contribution in [0.3, 0.4) is 0 Å². The van der Waals surface area contributed by atoms with Crippen LogP contribution in [0.5, 0.6) is 0 Å². The number of nitrogens with one attached hydrogen (secondary N) is 1. The predicted octanol–water partition coefficient (Wildman–Crippen LogP) is 2.20. The van der Waals surface area contributed by atoms with Crippen molar-refractivity contribution in [3.63, 3.8) is 0 Å². The Labute approximate surface area is 158 Å². The molecule has 0 aliphatic rings. The maximum absolute atomic E-state index is 12.3. The summed E-state index contributed by atoms with van der Waals surface area (Å²) in [4.78, 5) is 34.9. The van der Waals surface area contributed by atoms with Crippen molar-refractivity contribution in [1.82, 2.24) is 9.88 Å². The lowest BCUT2D eigenvalue weighted by Crippen LogP contribution is -2.24. The third-order valence-electron chi connectivity index (χ3n) is 3.95. The summed E-state index contributed by atoms with van der Waals surface area (Å²) in [5, 5.41) is 22.8. The number of nitro groups is 1. The van der Waals surface area contributed by atoms with Gasteiger partial charge in [-0.3, -0.25) is 19.7 Å². The number of nitriles is 1. The lowest BCUT2D eigenvalue weighted by Gasteiger charge is -2.09. The molecular weight excluding hydrogens is 364 g/mol. The van der Waals surface area contributed by atoms with E-state index in [1.54, 1.807) is 42.5 Å². The summed E-state index contributed by atoms with van der Waals surface area (Å²) in [6, 6.07) is 12.6. The van der Waals surface area contributed by atoms with Crippen LogP contribution in [0.15, 0.2) is 64.1 Å². The maximum Gasteiger partial charge on any atom is 0.287 e. The van der Waals surface area contributed by atoms with Crippen LogP contribution in [0.2, 0.25) is 0 Å². The van der Waals surface area contributed by atoms with Gasteiger partial charge in [0.1, 0.15) is 17.4 Å². The number of hydrogen-bond acceptors (Lipinski definition) is 6. The molecule has 1 aromatic carbocycles. The molecule has 0 fully saturated rings. The van der Waals surface area contributed by atoms with Crippen molar-refractivity contribution in [2.75, 3.05) is 0 Å². The summed E-state index contributed by atoms with van der Waals surface area (Å²) in [6.07, 6.45) is 2.58. The molecular formula is C19H14N4O5. The Kier molecular flexibility index (Phi) is 5.32. The summed E-state index contributed by atoms with van der Waals surface area (Å²) in [6.45, 7) is 0.209. The summed E-state index contributed by atoms with van der Waals surface area (Å²) >= 11 is 0. The zero-order chi connectivity index (χ0) is 20.1. The molecule has 0 unspecified atom stereocenters. The normalized spacial score (nSPS) is 10.2. The highest BCUT2D eigenvalue weighted by atomic mass is 16.6. The fourth-order valence-electron chi connectivity index (χ4n) is 2.61. The summed E-state index contributed by atoms with van der Waals surface area (Å²) in [7, 11) is 0. The third-order valence-corrected chi connectivity index (χ3v) is 3.95. The van der Waals surface area contributed by atoms with Crippen LogP contribution >= 0.6 is 0 Å². The van der Waals surface area contributed by atoms with E-state index in [0.29, 0.717) is 16.9 Å². The molecule has 2 aromatic heterocycles. The van der Waals surface area contributed by atoms with Gasteiger partial charge in [-0.15, -0.1) is 0 Å². The van der Waals surface area contributed by atoms with Crippen molar-refractivity contribution in [3.8, 4) is 6.07 Å².